The Balaban J connectivity index is 2.34. The maximum atomic E-state index is 11.8. The molecule has 1 amide bonds. The number of carbonyl (C=O) groups excluding carboxylic acids is 1. The highest BCUT2D eigenvalue weighted by Gasteiger charge is 2.08. The average molecular weight is 202 g/mol. The first kappa shape index (κ1) is 9.77. The van der Waals surface area contributed by atoms with Crippen molar-refractivity contribution < 1.29 is 4.79 Å². The highest BCUT2D eigenvalue weighted by Crippen LogP contribution is 2.16. The van der Waals surface area contributed by atoms with E-state index in [1.807, 2.05) is 37.4 Å². The van der Waals surface area contributed by atoms with Gasteiger partial charge in [-0.2, -0.15) is 0 Å². The topological polar surface area (TPSA) is 44.9 Å². The number of rotatable bonds is 3. The van der Waals surface area contributed by atoms with E-state index < -0.39 is 0 Å². The Labute approximate surface area is 88.5 Å². The van der Waals surface area contributed by atoms with Crippen LogP contribution in [0.5, 0.6) is 0 Å². The van der Waals surface area contributed by atoms with Crippen molar-refractivity contribution in [2.45, 2.75) is 13.3 Å². The molecule has 0 bridgehead atoms. The second kappa shape index (κ2) is 4.17. The smallest absolute Gasteiger partial charge is 0.251 e. The van der Waals surface area contributed by atoms with E-state index >= 15 is 0 Å². The first-order valence-electron chi connectivity index (χ1n) is 5.17. The van der Waals surface area contributed by atoms with Gasteiger partial charge in [0.2, 0.25) is 0 Å². The lowest BCUT2D eigenvalue weighted by Gasteiger charge is -2.04. The van der Waals surface area contributed by atoms with Gasteiger partial charge in [0.15, 0.2) is 0 Å². The van der Waals surface area contributed by atoms with Gasteiger partial charge in [0.05, 0.1) is 0 Å². The summed E-state index contributed by atoms with van der Waals surface area (Å²) in [7, 11) is 0. The summed E-state index contributed by atoms with van der Waals surface area (Å²) in [6.07, 6.45) is 2.80. The van der Waals surface area contributed by atoms with Crippen molar-refractivity contribution in [1.29, 1.82) is 0 Å². The summed E-state index contributed by atoms with van der Waals surface area (Å²) in [6.45, 7) is 2.76. The van der Waals surface area contributed by atoms with Gasteiger partial charge in [-0.1, -0.05) is 13.0 Å². The molecule has 0 atom stereocenters. The van der Waals surface area contributed by atoms with Gasteiger partial charge in [-0.25, -0.2) is 0 Å². The van der Waals surface area contributed by atoms with Crippen LogP contribution in [0.25, 0.3) is 10.9 Å². The lowest BCUT2D eigenvalue weighted by Crippen LogP contribution is -2.24. The summed E-state index contributed by atoms with van der Waals surface area (Å²) < 4.78 is 0. The monoisotopic (exact) mass is 202 g/mol. The molecule has 0 fully saturated rings. The Morgan fingerprint density at radius 3 is 3.07 bits per heavy atom. The molecule has 1 aromatic heterocycles. The molecular weight excluding hydrogens is 188 g/mol. The molecule has 78 valence electrons. The van der Waals surface area contributed by atoms with Crippen LogP contribution in [0, 0.1) is 0 Å². The number of aromatic amines is 1. The number of aromatic nitrogens is 1. The number of benzene rings is 1. The van der Waals surface area contributed by atoms with Crippen molar-refractivity contribution in [2.24, 2.45) is 0 Å². The number of nitrogens with one attached hydrogen (secondary N) is 2. The summed E-state index contributed by atoms with van der Waals surface area (Å²) in [5.74, 6) is 0.00190. The van der Waals surface area contributed by atoms with Gasteiger partial charge in [0.25, 0.3) is 5.91 Å². The van der Waals surface area contributed by atoms with Gasteiger partial charge in [0.1, 0.15) is 0 Å². The van der Waals surface area contributed by atoms with Gasteiger partial charge in [-0.3, -0.25) is 4.79 Å². The molecule has 1 aromatic carbocycles. The van der Waals surface area contributed by atoms with Gasteiger partial charge < -0.3 is 10.3 Å². The van der Waals surface area contributed by atoms with Gasteiger partial charge in [0, 0.05) is 29.2 Å². The molecule has 0 saturated heterocycles. The Morgan fingerprint density at radius 1 is 1.40 bits per heavy atom. The summed E-state index contributed by atoms with van der Waals surface area (Å²) in [6, 6.07) is 7.63. The number of H-pyrrole nitrogens is 1. The molecule has 2 N–H and O–H groups in total. The van der Waals surface area contributed by atoms with E-state index in [1.54, 1.807) is 0 Å². The maximum absolute atomic E-state index is 11.8. The Bertz CT molecular complexity index is 473. The molecule has 0 aliphatic carbocycles. The zero-order chi connectivity index (χ0) is 10.7. The highest BCUT2D eigenvalue weighted by atomic mass is 16.1. The first-order valence-corrected chi connectivity index (χ1v) is 5.17. The van der Waals surface area contributed by atoms with Gasteiger partial charge >= 0.3 is 0 Å². The highest BCUT2D eigenvalue weighted by molar-refractivity contribution is 6.06. The van der Waals surface area contributed by atoms with Crippen molar-refractivity contribution in [3.05, 3.63) is 36.0 Å². The predicted octanol–water partition coefficient (Wildman–Crippen LogP) is 2.31. The minimum atomic E-state index is 0.00190. The minimum absolute atomic E-state index is 0.00190. The molecule has 2 rings (SSSR count). The maximum Gasteiger partial charge on any atom is 0.251 e. The van der Waals surface area contributed by atoms with Crippen LogP contribution in [0.2, 0.25) is 0 Å². The summed E-state index contributed by atoms with van der Waals surface area (Å²) in [5, 5.41) is 3.86. The molecule has 0 unspecified atom stereocenters. The van der Waals surface area contributed by atoms with Crippen molar-refractivity contribution in [2.75, 3.05) is 6.54 Å². The molecule has 1 heterocycles. The second-order valence-electron chi connectivity index (χ2n) is 3.50. The van der Waals surface area contributed by atoms with Crippen molar-refractivity contribution >= 4 is 16.8 Å². The molecule has 0 aliphatic rings. The lowest BCUT2D eigenvalue weighted by molar-refractivity contribution is 0.0955. The average Bonchev–Trinajstić information content (AvgIpc) is 2.73. The summed E-state index contributed by atoms with van der Waals surface area (Å²) in [5.41, 5.74) is 1.74. The number of hydrogen-bond donors (Lipinski definition) is 2. The van der Waals surface area contributed by atoms with E-state index in [0.717, 1.165) is 29.4 Å². The third-order valence-corrected chi connectivity index (χ3v) is 2.38. The van der Waals surface area contributed by atoms with Crippen LogP contribution < -0.4 is 5.32 Å². The summed E-state index contributed by atoms with van der Waals surface area (Å²) in [4.78, 5) is 14.9. The second-order valence-corrected chi connectivity index (χ2v) is 3.50. The van der Waals surface area contributed by atoms with Crippen LogP contribution in [0.15, 0.2) is 30.5 Å². The fraction of sp³-hybridized carbons (Fsp3) is 0.250. The molecule has 0 saturated carbocycles. The van der Waals surface area contributed by atoms with Crippen molar-refractivity contribution in [3.63, 3.8) is 0 Å². The normalized spacial score (nSPS) is 10.5. The van der Waals surface area contributed by atoms with Crippen LogP contribution >= 0.6 is 0 Å². The predicted molar refractivity (Wildman–Crippen MR) is 60.9 cm³/mol. The van der Waals surface area contributed by atoms with Gasteiger partial charge in [-0.15, -0.1) is 0 Å². The number of fused-ring (bicyclic) bond motifs is 1. The minimum Gasteiger partial charge on any atom is -0.361 e. The van der Waals surface area contributed by atoms with E-state index in [0.29, 0.717) is 0 Å². The van der Waals surface area contributed by atoms with E-state index in [9.17, 15) is 4.79 Å². The fourth-order valence-electron chi connectivity index (χ4n) is 1.62. The molecule has 2 aromatic rings. The Kier molecular flexibility index (Phi) is 2.72. The van der Waals surface area contributed by atoms with Crippen LogP contribution in [-0.2, 0) is 0 Å². The Hall–Kier alpha value is -1.77. The lowest BCUT2D eigenvalue weighted by atomic mass is 10.1. The molecule has 15 heavy (non-hydrogen) atoms. The van der Waals surface area contributed by atoms with E-state index in [4.69, 9.17) is 0 Å². The quantitative estimate of drug-likeness (QED) is 0.788. The van der Waals surface area contributed by atoms with Crippen LogP contribution in [0.1, 0.15) is 23.7 Å². The molecule has 3 nitrogen and oxygen atoms in total. The molecule has 0 aliphatic heterocycles. The van der Waals surface area contributed by atoms with Gasteiger partial charge in [-0.05, 0) is 24.6 Å². The largest absolute Gasteiger partial charge is 0.361 e. The number of amides is 1. The zero-order valence-electron chi connectivity index (χ0n) is 8.71. The number of hydrogen-bond acceptors (Lipinski definition) is 1. The van der Waals surface area contributed by atoms with Crippen LogP contribution in [-0.4, -0.2) is 17.4 Å². The van der Waals surface area contributed by atoms with E-state index in [1.165, 1.54) is 0 Å². The van der Waals surface area contributed by atoms with E-state index in [2.05, 4.69) is 10.3 Å². The van der Waals surface area contributed by atoms with Crippen molar-refractivity contribution in [1.82, 2.24) is 10.3 Å². The standard InChI is InChI=1S/C12H14N2O/c1-2-7-14-12(15)10-4-3-5-11-9(10)6-8-13-11/h3-6,8,13H,2,7H2,1H3,(H,14,15). The molecule has 3 heteroatoms. The molecular formula is C12H14N2O. The molecule has 0 radical (unpaired) electrons. The third-order valence-electron chi connectivity index (χ3n) is 2.38. The van der Waals surface area contributed by atoms with E-state index in [-0.39, 0.29) is 5.91 Å². The summed E-state index contributed by atoms with van der Waals surface area (Å²) >= 11 is 0. The third kappa shape index (κ3) is 1.86. The van der Waals surface area contributed by atoms with Crippen LogP contribution in [0.3, 0.4) is 0 Å². The van der Waals surface area contributed by atoms with Crippen molar-refractivity contribution in [3.8, 4) is 0 Å². The van der Waals surface area contributed by atoms with Crippen LogP contribution in [0.4, 0.5) is 0 Å². The number of carbonyl (C=O) groups is 1. The first-order chi connectivity index (χ1) is 7.33. The molecule has 0 spiro atoms. The Morgan fingerprint density at radius 2 is 2.27 bits per heavy atom. The zero-order valence-corrected chi connectivity index (χ0v) is 8.71. The fourth-order valence-corrected chi connectivity index (χ4v) is 1.62. The SMILES string of the molecule is CCCNC(=O)c1cccc2[nH]ccc12.